The molecule has 1 heterocycles. The second-order valence-corrected chi connectivity index (χ2v) is 4.18. The lowest BCUT2D eigenvalue weighted by Gasteiger charge is -2.25. The van der Waals surface area contributed by atoms with Crippen LogP contribution in [0.25, 0.3) is 0 Å². The topological polar surface area (TPSA) is 50.5 Å². The lowest BCUT2D eigenvalue weighted by Crippen LogP contribution is -2.35. The molecule has 0 radical (unpaired) electrons. The summed E-state index contributed by atoms with van der Waals surface area (Å²) >= 11 is 0. The third kappa shape index (κ3) is 4.46. The van der Waals surface area contributed by atoms with Crippen LogP contribution in [-0.2, 0) is 17.8 Å². The smallest absolute Gasteiger partial charge is 0.151 e. The second kappa shape index (κ2) is 7.42. The zero-order valence-electron chi connectivity index (χ0n) is 11.2. The predicted octanol–water partition coefficient (Wildman–Crippen LogP) is 1.25. The van der Waals surface area contributed by atoms with E-state index >= 15 is 0 Å². The Morgan fingerprint density at radius 3 is 2.94 bits per heavy atom. The largest absolute Gasteiger partial charge is 0.383 e. The molecular formula is C12H23N3O2. The van der Waals surface area contributed by atoms with Crippen molar-refractivity contribution in [2.45, 2.75) is 33.0 Å². The summed E-state index contributed by atoms with van der Waals surface area (Å²) < 4.78 is 10.5. The fourth-order valence-corrected chi connectivity index (χ4v) is 1.82. The first-order chi connectivity index (χ1) is 8.21. The molecule has 1 atom stereocenters. The van der Waals surface area contributed by atoms with Gasteiger partial charge in [0.25, 0.3) is 0 Å². The van der Waals surface area contributed by atoms with E-state index in [-0.39, 0.29) is 0 Å². The summed E-state index contributed by atoms with van der Waals surface area (Å²) in [5.74, 6) is 0.903. The highest BCUT2D eigenvalue weighted by molar-refractivity contribution is 5.05. The molecule has 0 spiro atoms. The standard InChI is InChI=1S/C12H23N3O2/c1-5-15(10(2)9-16-4)8-12-6-11(7-13-3)14-17-12/h6,10,13H,5,7-9H2,1-4H3. The van der Waals surface area contributed by atoms with Crippen LogP contribution < -0.4 is 5.32 Å². The molecular weight excluding hydrogens is 218 g/mol. The molecule has 5 nitrogen and oxygen atoms in total. The van der Waals surface area contributed by atoms with Gasteiger partial charge in [0.05, 0.1) is 18.8 Å². The van der Waals surface area contributed by atoms with Gasteiger partial charge in [-0.15, -0.1) is 0 Å². The summed E-state index contributed by atoms with van der Waals surface area (Å²) in [6.45, 7) is 7.49. The van der Waals surface area contributed by atoms with E-state index in [1.54, 1.807) is 7.11 Å². The Morgan fingerprint density at radius 2 is 2.35 bits per heavy atom. The van der Waals surface area contributed by atoms with Gasteiger partial charge in [0.1, 0.15) is 0 Å². The summed E-state index contributed by atoms with van der Waals surface area (Å²) in [7, 11) is 3.62. The summed E-state index contributed by atoms with van der Waals surface area (Å²) in [5.41, 5.74) is 0.943. The van der Waals surface area contributed by atoms with Crippen LogP contribution in [0.15, 0.2) is 10.6 Å². The van der Waals surface area contributed by atoms with Crippen molar-refractivity contribution >= 4 is 0 Å². The van der Waals surface area contributed by atoms with Gasteiger partial charge in [0, 0.05) is 25.8 Å². The molecule has 1 aromatic rings. The highest BCUT2D eigenvalue weighted by atomic mass is 16.5. The molecule has 1 N–H and O–H groups in total. The molecule has 0 bridgehead atoms. The van der Waals surface area contributed by atoms with Gasteiger partial charge in [0.15, 0.2) is 5.76 Å². The molecule has 0 saturated heterocycles. The third-order valence-electron chi connectivity index (χ3n) is 2.76. The normalized spacial score (nSPS) is 13.2. The highest BCUT2D eigenvalue weighted by Gasteiger charge is 2.14. The van der Waals surface area contributed by atoms with E-state index in [1.165, 1.54) is 0 Å². The van der Waals surface area contributed by atoms with E-state index in [9.17, 15) is 0 Å². The number of ether oxygens (including phenoxy) is 1. The monoisotopic (exact) mass is 241 g/mol. The van der Waals surface area contributed by atoms with Crippen LogP contribution >= 0.6 is 0 Å². The molecule has 0 aliphatic rings. The lowest BCUT2D eigenvalue weighted by molar-refractivity contribution is 0.0920. The zero-order valence-corrected chi connectivity index (χ0v) is 11.2. The maximum Gasteiger partial charge on any atom is 0.151 e. The molecule has 5 heteroatoms. The van der Waals surface area contributed by atoms with Crippen molar-refractivity contribution in [2.24, 2.45) is 0 Å². The highest BCUT2D eigenvalue weighted by Crippen LogP contribution is 2.10. The van der Waals surface area contributed by atoms with Crippen LogP contribution in [0.2, 0.25) is 0 Å². The van der Waals surface area contributed by atoms with Crippen molar-refractivity contribution in [2.75, 3.05) is 27.3 Å². The van der Waals surface area contributed by atoms with Crippen LogP contribution in [0.5, 0.6) is 0 Å². The number of hydrogen-bond acceptors (Lipinski definition) is 5. The Morgan fingerprint density at radius 1 is 1.59 bits per heavy atom. The summed E-state index contributed by atoms with van der Waals surface area (Å²) in [6.07, 6.45) is 0. The van der Waals surface area contributed by atoms with Gasteiger partial charge >= 0.3 is 0 Å². The van der Waals surface area contributed by atoms with Crippen molar-refractivity contribution in [1.82, 2.24) is 15.4 Å². The van der Waals surface area contributed by atoms with Crippen molar-refractivity contribution in [1.29, 1.82) is 0 Å². The average molecular weight is 241 g/mol. The molecule has 0 aliphatic heterocycles. The first-order valence-corrected chi connectivity index (χ1v) is 6.03. The molecule has 0 fully saturated rings. The van der Waals surface area contributed by atoms with Gasteiger partial charge in [-0.25, -0.2) is 0 Å². The second-order valence-electron chi connectivity index (χ2n) is 4.18. The molecule has 1 rings (SSSR count). The van der Waals surface area contributed by atoms with Gasteiger partial charge < -0.3 is 14.6 Å². The molecule has 0 saturated carbocycles. The quantitative estimate of drug-likeness (QED) is 0.742. The fourth-order valence-electron chi connectivity index (χ4n) is 1.82. The van der Waals surface area contributed by atoms with Crippen molar-refractivity contribution in [3.05, 3.63) is 17.5 Å². The fraction of sp³-hybridized carbons (Fsp3) is 0.750. The van der Waals surface area contributed by atoms with E-state index in [0.29, 0.717) is 6.04 Å². The van der Waals surface area contributed by atoms with Crippen LogP contribution in [-0.4, -0.2) is 43.4 Å². The Labute approximate surface area is 103 Å². The summed E-state index contributed by atoms with van der Waals surface area (Å²) in [5, 5.41) is 7.05. The van der Waals surface area contributed by atoms with Crippen LogP contribution in [0.3, 0.4) is 0 Å². The predicted molar refractivity (Wildman–Crippen MR) is 66.7 cm³/mol. The van der Waals surface area contributed by atoms with Crippen molar-refractivity contribution < 1.29 is 9.26 Å². The average Bonchev–Trinajstić information content (AvgIpc) is 2.74. The van der Waals surface area contributed by atoms with Crippen molar-refractivity contribution in [3.63, 3.8) is 0 Å². The number of nitrogens with one attached hydrogen (secondary N) is 1. The zero-order chi connectivity index (χ0) is 12.7. The lowest BCUT2D eigenvalue weighted by atomic mass is 10.2. The maximum absolute atomic E-state index is 5.31. The first-order valence-electron chi connectivity index (χ1n) is 6.03. The Hall–Kier alpha value is -0.910. The minimum absolute atomic E-state index is 0.378. The van der Waals surface area contributed by atoms with E-state index in [1.807, 2.05) is 13.1 Å². The molecule has 17 heavy (non-hydrogen) atoms. The van der Waals surface area contributed by atoms with E-state index < -0.39 is 0 Å². The number of rotatable bonds is 8. The summed E-state index contributed by atoms with van der Waals surface area (Å²) in [4.78, 5) is 2.30. The number of aromatic nitrogens is 1. The van der Waals surface area contributed by atoms with Gasteiger partial charge in [-0.05, 0) is 20.5 Å². The van der Waals surface area contributed by atoms with Gasteiger partial charge in [-0.1, -0.05) is 12.1 Å². The Bertz CT molecular complexity index is 314. The van der Waals surface area contributed by atoms with Gasteiger partial charge in [-0.2, -0.15) is 0 Å². The van der Waals surface area contributed by atoms with Gasteiger partial charge in [0.2, 0.25) is 0 Å². The summed E-state index contributed by atoms with van der Waals surface area (Å²) in [6, 6.07) is 2.38. The Balaban J connectivity index is 2.54. The molecule has 98 valence electrons. The number of hydrogen-bond donors (Lipinski definition) is 1. The van der Waals surface area contributed by atoms with Gasteiger partial charge in [-0.3, -0.25) is 4.90 Å². The SMILES string of the molecule is CCN(Cc1cc(CNC)no1)C(C)COC. The van der Waals surface area contributed by atoms with Crippen LogP contribution in [0.1, 0.15) is 25.3 Å². The third-order valence-corrected chi connectivity index (χ3v) is 2.76. The van der Waals surface area contributed by atoms with Crippen LogP contribution in [0.4, 0.5) is 0 Å². The molecule has 0 aromatic carbocycles. The van der Waals surface area contributed by atoms with E-state index in [4.69, 9.17) is 9.26 Å². The van der Waals surface area contributed by atoms with Crippen LogP contribution in [0, 0.1) is 0 Å². The minimum atomic E-state index is 0.378. The number of likely N-dealkylation sites (N-methyl/N-ethyl adjacent to an activating group) is 1. The van der Waals surface area contributed by atoms with E-state index in [2.05, 4.69) is 29.2 Å². The molecule has 0 aliphatic carbocycles. The molecule has 1 aromatic heterocycles. The molecule has 0 amide bonds. The first kappa shape index (κ1) is 14.2. The Kier molecular flexibility index (Phi) is 6.18. The maximum atomic E-state index is 5.31. The van der Waals surface area contributed by atoms with E-state index in [0.717, 1.165) is 37.7 Å². The molecule has 1 unspecified atom stereocenters. The van der Waals surface area contributed by atoms with Crippen molar-refractivity contribution in [3.8, 4) is 0 Å². The minimum Gasteiger partial charge on any atom is -0.383 e. The number of methoxy groups -OCH3 is 1. The number of nitrogens with zero attached hydrogens (tertiary/aromatic N) is 2.